The molecule has 0 saturated heterocycles. The summed E-state index contributed by atoms with van der Waals surface area (Å²) in [6, 6.07) is 3.62. The maximum absolute atomic E-state index is 11.1. The van der Waals surface area contributed by atoms with Crippen LogP contribution in [0, 0.1) is 0 Å². The minimum atomic E-state index is -0.210. The van der Waals surface area contributed by atoms with E-state index in [1.165, 1.54) is 7.11 Å². The molecule has 0 radical (unpaired) electrons. The molecule has 2 N–H and O–H groups in total. The fraction of sp³-hybridized carbons (Fsp3) is 0.500. The Bertz CT molecular complexity index is 492. The van der Waals surface area contributed by atoms with Crippen LogP contribution < -0.4 is 15.2 Å². The van der Waals surface area contributed by atoms with Gasteiger partial charge in [-0.25, -0.2) is 0 Å². The molecule has 1 aliphatic heterocycles. The smallest absolute Gasteiger partial charge is 0.305 e. The van der Waals surface area contributed by atoms with Crippen molar-refractivity contribution in [3.63, 3.8) is 0 Å². The summed E-state index contributed by atoms with van der Waals surface area (Å²) in [7, 11) is 1.39. The van der Waals surface area contributed by atoms with Gasteiger partial charge >= 0.3 is 5.97 Å². The highest BCUT2D eigenvalue weighted by atomic mass is 79.9. The highest BCUT2D eigenvalue weighted by Gasteiger charge is 2.18. The van der Waals surface area contributed by atoms with E-state index < -0.39 is 0 Å². The van der Waals surface area contributed by atoms with E-state index in [1.807, 2.05) is 12.1 Å². The van der Waals surface area contributed by atoms with Gasteiger partial charge in [0.1, 0.15) is 13.2 Å². The quantitative estimate of drug-likeness (QED) is 0.832. The summed E-state index contributed by atoms with van der Waals surface area (Å²) in [4.78, 5) is 11.1. The zero-order valence-corrected chi connectivity index (χ0v) is 12.9. The molecule has 5 nitrogen and oxygen atoms in total. The fourth-order valence-corrected chi connectivity index (χ4v) is 2.70. The molecule has 2 rings (SSSR count). The highest BCUT2D eigenvalue weighted by Crippen LogP contribution is 2.38. The van der Waals surface area contributed by atoms with Crippen LogP contribution in [0.2, 0.25) is 0 Å². The third-order valence-corrected chi connectivity index (χ3v) is 3.87. The number of hydrogen-bond acceptors (Lipinski definition) is 5. The molecule has 0 aliphatic carbocycles. The van der Waals surface area contributed by atoms with Crippen molar-refractivity contribution in [3.8, 4) is 11.5 Å². The van der Waals surface area contributed by atoms with Crippen molar-refractivity contribution in [2.45, 2.75) is 25.3 Å². The largest absolute Gasteiger partial charge is 0.486 e. The number of ether oxygens (including phenoxy) is 3. The van der Waals surface area contributed by atoms with Gasteiger partial charge in [-0.2, -0.15) is 0 Å². The number of carbonyl (C=O) groups is 1. The van der Waals surface area contributed by atoms with Crippen LogP contribution in [-0.4, -0.2) is 26.3 Å². The van der Waals surface area contributed by atoms with Gasteiger partial charge < -0.3 is 19.9 Å². The van der Waals surface area contributed by atoms with Gasteiger partial charge in [-0.1, -0.05) is 15.9 Å². The first-order valence-corrected chi connectivity index (χ1v) is 7.32. The molecule has 1 aromatic carbocycles. The summed E-state index contributed by atoms with van der Waals surface area (Å²) >= 11 is 3.50. The van der Waals surface area contributed by atoms with Crippen molar-refractivity contribution in [2.75, 3.05) is 20.3 Å². The van der Waals surface area contributed by atoms with E-state index in [0.717, 1.165) is 21.5 Å². The monoisotopic (exact) mass is 343 g/mol. The second-order valence-corrected chi connectivity index (χ2v) is 5.45. The molecule has 1 unspecified atom stereocenters. The Kier molecular flexibility index (Phi) is 5.25. The Morgan fingerprint density at radius 1 is 1.40 bits per heavy atom. The molecule has 0 saturated carbocycles. The first-order valence-electron chi connectivity index (χ1n) is 6.53. The van der Waals surface area contributed by atoms with Gasteiger partial charge in [-0.3, -0.25) is 4.79 Å². The second kappa shape index (κ2) is 6.95. The summed E-state index contributed by atoms with van der Waals surface area (Å²) < 4.78 is 16.6. The standard InChI is InChI=1S/C14H18BrNO4/c1-18-14(17)4-2-3-11(16)9-7-12-13(8-10(9)15)20-6-5-19-12/h7-8,11H,2-6,16H2,1H3. The summed E-state index contributed by atoms with van der Waals surface area (Å²) in [5.41, 5.74) is 7.14. The lowest BCUT2D eigenvalue weighted by Crippen LogP contribution is -2.17. The molecular weight excluding hydrogens is 326 g/mol. The molecule has 0 fully saturated rings. The summed E-state index contributed by atoms with van der Waals surface area (Å²) in [6.45, 7) is 1.11. The molecule has 20 heavy (non-hydrogen) atoms. The Morgan fingerprint density at radius 3 is 2.70 bits per heavy atom. The zero-order valence-electron chi connectivity index (χ0n) is 11.4. The number of methoxy groups -OCH3 is 1. The van der Waals surface area contributed by atoms with Crippen molar-refractivity contribution < 1.29 is 19.0 Å². The average molecular weight is 344 g/mol. The second-order valence-electron chi connectivity index (χ2n) is 4.59. The van der Waals surface area contributed by atoms with E-state index >= 15 is 0 Å². The van der Waals surface area contributed by atoms with Gasteiger partial charge in [0, 0.05) is 16.9 Å². The molecule has 1 atom stereocenters. The maximum atomic E-state index is 11.1. The SMILES string of the molecule is COC(=O)CCCC(N)c1cc2c(cc1Br)OCCO2. The van der Waals surface area contributed by atoms with E-state index in [2.05, 4.69) is 20.7 Å². The third-order valence-electron chi connectivity index (χ3n) is 3.18. The topological polar surface area (TPSA) is 70.8 Å². The fourth-order valence-electron chi connectivity index (χ4n) is 2.09. The number of benzene rings is 1. The molecular formula is C14H18BrNO4. The van der Waals surface area contributed by atoms with Crippen molar-refractivity contribution in [2.24, 2.45) is 5.73 Å². The molecule has 0 aromatic heterocycles. The first-order chi connectivity index (χ1) is 9.61. The van der Waals surface area contributed by atoms with E-state index in [-0.39, 0.29) is 12.0 Å². The van der Waals surface area contributed by atoms with Gasteiger partial charge in [0.25, 0.3) is 0 Å². The third kappa shape index (κ3) is 3.64. The van der Waals surface area contributed by atoms with Crippen LogP contribution in [0.5, 0.6) is 11.5 Å². The van der Waals surface area contributed by atoms with Gasteiger partial charge in [-0.05, 0) is 30.5 Å². The molecule has 110 valence electrons. The van der Waals surface area contributed by atoms with Crippen LogP contribution in [0.15, 0.2) is 16.6 Å². The van der Waals surface area contributed by atoms with Gasteiger partial charge in [0.15, 0.2) is 11.5 Å². The summed E-state index contributed by atoms with van der Waals surface area (Å²) in [6.07, 6.45) is 1.77. The van der Waals surface area contributed by atoms with Crippen molar-refractivity contribution in [1.82, 2.24) is 0 Å². The van der Waals surface area contributed by atoms with Gasteiger partial charge in [0.2, 0.25) is 0 Å². The van der Waals surface area contributed by atoms with Crippen molar-refractivity contribution in [3.05, 3.63) is 22.2 Å². The molecule has 1 aliphatic rings. The Balaban J connectivity index is 2.02. The predicted octanol–water partition coefficient (Wildman–Crippen LogP) is 2.56. The number of halogens is 1. The minimum absolute atomic E-state index is 0.162. The summed E-state index contributed by atoms with van der Waals surface area (Å²) in [5.74, 6) is 1.24. The van der Waals surface area contributed by atoms with Crippen molar-refractivity contribution >= 4 is 21.9 Å². The first kappa shape index (κ1) is 15.1. The number of fused-ring (bicyclic) bond motifs is 1. The molecule has 0 spiro atoms. The Hall–Kier alpha value is -1.27. The lowest BCUT2D eigenvalue weighted by atomic mass is 10.0. The Morgan fingerprint density at radius 2 is 2.05 bits per heavy atom. The van der Waals surface area contributed by atoms with Crippen LogP contribution in [0.1, 0.15) is 30.9 Å². The van der Waals surface area contributed by atoms with E-state index in [4.69, 9.17) is 15.2 Å². The number of esters is 1. The van der Waals surface area contributed by atoms with E-state index in [1.54, 1.807) is 0 Å². The lowest BCUT2D eigenvalue weighted by Gasteiger charge is -2.22. The summed E-state index contributed by atoms with van der Waals surface area (Å²) in [5, 5.41) is 0. The van der Waals surface area contributed by atoms with Gasteiger partial charge in [-0.15, -0.1) is 0 Å². The minimum Gasteiger partial charge on any atom is -0.486 e. The molecule has 1 aromatic rings. The molecule has 0 amide bonds. The van der Waals surface area contributed by atoms with Crippen LogP contribution in [0.4, 0.5) is 0 Å². The zero-order chi connectivity index (χ0) is 14.5. The number of rotatable bonds is 5. The van der Waals surface area contributed by atoms with E-state index in [0.29, 0.717) is 32.5 Å². The van der Waals surface area contributed by atoms with E-state index in [9.17, 15) is 4.79 Å². The van der Waals surface area contributed by atoms with Crippen LogP contribution in [0.3, 0.4) is 0 Å². The average Bonchev–Trinajstić information content (AvgIpc) is 2.46. The van der Waals surface area contributed by atoms with Gasteiger partial charge in [0.05, 0.1) is 7.11 Å². The van der Waals surface area contributed by atoms with Crippen LogP contribution in [0.25, 0.3) is 0 Å². The molecule has 1 heterocycles. The van der Waals surface area contributed by atoms with Crippen molar-refractivity contribution in [1.29, 1.82) is 0 Å². The van der Waals surface area contributed by atoms with Crippen LogP contribution >= 0.6 is 15.9 Å². The Labute approximate surface area is 126 Å². The van der Waals surface area contributed by atoms with Crippen LogP contribution in [-0.2, 0) is 9.53 Å². The number of hydrogen-bond donors (Lipinski definition) is 1. The normalized spacial score (nSPS) is 14.8. The number of carbonyl (C=O) groups excluding carboxylic acids is 1. The number of nitrogens with two attached hydrogens (primary N) is 1. The molecule has 6 heteroatoms. The highest BCUT2D eigenvalue weighted by molar-refractivity contribution is 9.10. The molecule has 0 bridgehead atoms. The maximum Gasteiger partial charge on any atom is 0.305 e. The lowest BCUT2D eigenvalue weighted by molar-refractivity contribution is -0.140. The predicted molar refractivity (Wildman–Crippen MR) is 77.9 cm³/mol.